The number of azo groups is 1. The summed E-state index contributed by atoms with van der Waals surface area (Å²) in [5.41, 5.74) is -0.519. The van der Waals surface area contributed by atoms with Crippen molar-refractivity contribution in [2.75, 3.05) is 0 Å². The molecule has 1 aliphatic rings. The Labute approximate surface area is 61.3 Å². The van der Waals surface area contributed by atoms with Gasteiger partial charge in [-0.2, -0.15) is 5.26 Å². The van der Waals surface area contributed by atoms with Crippen molar-refractivity contribution in [3.05, 3.63) is 11.4 Å². The van der Waals surface area contributed by atoms with Gasteiger partial charge >= 0.3 is 5.96 Å². The molecule has 0 spiro atoms. The molecule has 0 N–H and O–H groups in total. The van der Waals surface area contributed by atoms with E-state index in [1.165, 1.54) is 0 Å². The third kappa shape index (κ3) is 1.30. The standard InChI is InChI=1S/C4HN5S/c1-6-3-7-4(9-8-3)10-2-5/h4H. The number of aliphatic imine (C=N–C) groups is 1. The fraction of sp³-hybridized carbons (Fsp3) is 0.250. The number of guanidine groups is 1. The van der Waals surface area contributed by atoms with Gasteiger partial charge in [0, 0.05) is 11.8 Å². The van der Waals surface area contributed by atoms with Gasteiger partial charge in [-0.15, -0.1) is 11.6 Å². The first-order chi connectivity index (χ1) is 4.86. The summed E-state index contributed by atoms with van der Waals surface area (Å²) >= 11 is 0.872. The Kier molecular flexibility index (Phi) is 1.98. The van der Waals surface area contributed by atoms with E-state index in [1.54, 1.807) is 0 Å². The first-order valence-electron chi connectivity index (χ1n) is 2.27. The predicted octanol–water partition coefficient (Wildman–Crippen LogP) is 1.23. The molecule has 0 aromatic rings. The van der Waals surface area contributed by atoms with E-state index >= 15 is 0 Å². The quantitative estimate of drug-likeness (QED) is 0.417. The maximum Gasteiger partial charge on any atom is 0.391 e. The lowest BCUT2D eigenvalue weighted by atomic mass is 11.0. The van der Waals surface area contributed by atoms with Gasteiger partial charge in [-0.05, 0) is 5.11 Å². The molecule has 1 aliphatic heterocycles. The monoisotopic (exact) mass is 151 g/mol. The maximum atomic E-state index is 8.15. The molecule has 48 valence electrons. The Morgan fingerprint density at radius 2 is 2.60 bits per heavy atom. The third-order valence-corrected chi connectivity index (χ3v) is 1.25. The first-order valence-corrected chi connectivity index (χ1v) is 3.15. The van der Waals surface area contributed by atoms with E-state index in [9.17, 15) is 0 Å². The van der Waals surface area contributed by atoms with Crippen LogP contribution in [0.5, 0.6) is 0 Å². The molecule has 1 atom stereocenters. The number of nitriles is 1. The van der Waals surface area contributed by atoms with Crippen LogP contribution in [0.4, 0.5) is 0 Å². The summed E-state index contributed by atoms with van der Waals surface area (Å²) in [4.78, 5) is 6.60. The molecule has 0 radical (unpaired) electrons. The zero-order valence-electron chi connectivity index (χ0n) is 4.72. The Morgan fingerprint density at radius 1 is 1.80 bits per heavy atom. The third-order valence-electron chi connectivity index (χ3n) is 0.730. The Morgan fingerprint density at radius 3 is 3.10 bits per heavy atom. The zero-order chi connectivity index (χ0) is 7.40. The van der Waals surface area contributed by atoms with Crippen LogP contribution in [0.3, 0.4) is 0 Å². The van der Waals surface area contributed by atoms with Crippen molar-refractivity contribution in [1.82, 2.24) is 0 Å². The second-order valence-electron chi connectivity index (χ2n) is 1.29. The summed E-state index contributed by atoms with van der Waals surface area (Å²) in [5, 5.41) is 16.9. The van der Waals surface area contributed by atoms with Crippen molar-refractivity contribution < 1.29 is 0 Å². The molecule has 6 heteroatoms. The van der Waals surface area contributed by atoms with E-state index in [-0.39, 0.29) is 5.96 Å². The summed E-state index contributed by atoms with van der Waals surface area (Å²) in [6.07, 6.45) is 0. The van der Waals surface area contributed by atoms with Crippen LogP contribution >= 0.6 is 11.8 Å². The SMILES string of the molecule is [C-]#[N+]C1=NC(SC#N)N=N1. The van der Waals surface area contributed by atoms with E-state index in [4.69, 9.17) is 11.8 Å². The van der Waals surface area contributed by atoms with Crippen molar-refractivity contribution in [3.63, 3.8) is 0 Å². The molecular formula is C4HN5S. The summed E-state index contributed by atoms with van der Waals surface area (Å²) in [6.45, 7) is 6.47. The largest absolute Gasteiger partial charge is 0.393 e. The smallest absolute Gasteiger partial charge is 0.391 e. The molecule has 0 fully saturated rings. The van der Waals surface area contributed by atoms with Gasteiger partial charge in [-0.25, -0.2) is 0 Å². The summed E-state index contributed by atoms with van der Waals surface area (Å²) in [5.74, 6) is 0.0211. The van der Waals surface area contributed by atoms with Crippen molar-refractivity contribution in [1.29, 1.82) is 5.26 Å². The molecule has 1 unspecified atom stereocenters. The summed E-state index contributed by atoms with van der Waals surface area (Å²) in [7, 11) is 0. The predicted molar refractivity (Wildman–Crippen MR) is 35.9 cm³/mol. The topological polar surface area (TPSA) is 65.2 Å². The first kappa shape index (κ1) is 6.72. The van der Waals surface area contributed by atoms with Crippen molar-refractivity contribution in [3.8, 4) is 5.40 Å². The van der Waals surface area contributed by atoms with Gasteiger partial charge in [0.1, 0.15) is 5.40 Å². The van der Waals surface area contributed by atoms with Gasteiger partial charge < -0.3 is 4.85 Å². The van der Waals surface area contributed by atoms with E-state index in [0.717, 1.165) is 11.8 Å². The highest BCUT2D eigenvalue weighted by Gasteiger charge is 2.17. The average Bonchev–Trinajstić information content (AvgIpc) is 2.37. The Hall–Kier alpha value is -1.40. The lowest BCUT2D eigenvalue weighted by Crippen LogP contribution is -1.86. The molecule has 0 aliphatic carbocycles. The van der Waals surface area contributed by atoms with Gasteiger partial charge in [0.05, 0.1) is 0 Å². The highest BCUT2D eigenvalue weighted by Crippen LogP contribution is 2.17. The fourth-order valence-corrected chi connectivity index (χ4v) is 0.735. The van der Waals surface area contributed by atoms with Crippen LogP contribution in [0.15, 0.2) is 15.2 Å². The van der Waals surface area contributed by atoms with Crippen LogP contribution < -0.4 is 0 Å². The highest BCUT2D eigenvalue weighted by atomic mass is 32.2. The minimum Gasteiger partial charge on any atom is -0.393 e. The zero-order valence-corrected chi connectivity index (χ0v) is 5.54. The second kappa shape index (κ2) is 2.95. The van der Waals surface area contributed by atoms with Crippen LogP contribution in [0.2, 0.25) is 0 Å². The van der Waals surface area contributed by atoms with Crippen LogP contribution in [0, 0.1) is 17.2 Å². The van der Waals surface area contributed by atoms with Crippen LogP contribution in [-0.4, -0.2) is 11.5 Å². The second-order valence-corrected chi connectivity index (χ2v) is 2.13. The normalized spacial score (nSPS) is 21.4. The molecule has 0 aromatic heterocycles. The fourth-order valence-electron chi connectivity index (χ4n) is 0.400. The molecule has 0 aromatic carbocycles. The van der Waals surface area contributed by atoms with Crippen LogP contribution in [-0.2, 0) is 0 Å². The highest BCUT2D eigenvalue weighted by molar-refractivity contribution is 8.04. The Balaban J connectivity index is 2.61. The molecule has 0 saturated heterocycles. The lowest BCUT2D eigenvalue weighted by Gasteiger charge is -1.83. The number of hydrogen-bond donors (Lipinski definition) is 0. The van der Waals surface area contributed by atoms with Gasteiger partial charge in [-0.1, -0.05) is 5.11 Å². The molecule has 1 rings (SSSR count). The van der Waals surface area contributed by atoms with E-state index in [1.807, 2.05) is 5.40 Å². The van der Waals surface area contributed by atoms with Crippen LogP contribution in [0.25, 0.3) is 4.85 Å². The number of thioether (sulfide) groups is 1. The van der Waals surface area contributed by atoms with Crippen molar-refractivity contribution in [2.45, 2.75) is 5.50 Å². The molecule has 0 saturated carbocycles. The molecule has 1 heterocycles. The number of thiocyanates is 1. The van der Waals surface area contributed by atoms with Gasteiger partial charge in [0.15, 0.2) is 0 Å². The van der Waals surface area contributed by atoms with E-state index in [0.29, 0.717) is 0 Å². The minimum atomic E-state index is -0.519. The number of hydrogen-bond acceptors (Lipinski definition) is 5. The van der Waals surface area contributed by atoms with Gasteiger partial charge in [-0.3, -0.25) is 0 Å². The summed E-state index contributed by atoms with van der Waals surface area (Å²) in [6, 6.07) is 0. The number of rotatable bonds is 1. The molecular weight excluding hydrogens is 150 g/mol. The molecule has 0 bridgehead atoms. The number of nitrogens with zero attached hydrogens (tertiary/aromatic N) is 5. The minimum absolute atomic E-state index is 0.0211. The average molecular weight is 151 g/mol. The van der Waals surface area contributed by atoms with Crippen molar-refractivity contribution in [2.24, 2.45) is 15.2 Å². The Bertz CT molecular complexity index is 266. The van der Waals surface area contributed by atoms with Gasteiger partial charge in [0.2, 0.25) is 0 Å². The lowest BCUT2D eigenvalue weighted by molar-refractivity contribution is 0.977. The summed E-state index contributed by atoms with van der Waals surface area (Å²) < 4.78 is 0. The maximum absolute atomic E-state index is 8.15. The van der Waals surface area contributed by atoms with Crippen LogP contribution in [0.1, 0.15) is 0 Å². The molecule has 5 nitrogen and oxygen atoms in total. The van der Waals surface area contributed by atoms with Crippen molar-refractivity contribution >= 4 is 17.7 Å². The van der Waals surface area contributed by atoms with E-state index in [2.05, 4.69) is 20.1 Å². The van der Waals surface area contributed by atoms with E-state index < -0.39 is 5.50 Å². The molecule has 0 amide bonds. The van der Waals surface area contributed by atoms with Gasteiger partial charge in [0.25, 0.3) is 5.50 Å². The molecule has 10 heavy (non-hydrogen) atoms.